The molecule has 1 unspecified atom stereocenters. The molecule has 0 aliphatic rings. The quantitative estimate of drug-likeness (QED) is 0.912. The Morgan fingerprint density at radius 1 is 1.44 bits per heavy atom. The van der Waals surface area contributed by atoms with Crippen molar-refractivity contribution in [2.45, 2.75) is 26.8 Å². The van der Waals surface area contributed by atoms with Crippen LogP contribution in [0, 0.1) is 13.8 Å². The molecule has 18 heavy (non-hydrogen) atoms. The lowest BCUT2D eigenvalue weighted by molar-refractivity contribution is 0.620. The Morgan fingerprint density at radius 3 is 2.78 bits per heavy atom. The van der Waals surface area contributed by atoms with E-state index in [-0.39, 0.29) is 6.04 Å². The van der Waals surface area contributed by atoms with Crippen LogP contribution in [0.15, 0.2) is 23.7 Å². The Morgan fingerprint density at radius 2 is 2.22 bits per heavy atom. The summed E-state index contributed by atoms with van der Waals surface area (Å²) >= 11 is 7.92. The van der Waals surface area contributed by atoms with Crippen LogP contribution in [0.5, 0.6) is 0 Å². The summed E-state index contributed by atoms with van der Waals surface area (Å²) in [6, 6.07) is 4.19. The normalized spacial score (nSPS) is 12.7. The second-order valence-corrected chi connectivity index (χ2v) is 5.69. The fraction of sp³-hybridized carbons (Fsp3) is 0.357. The van der Waals surface area contributed by atoms with Crippen molar-refractivity contribution in [3.05, 3.63) is 50.4 Å². The van der Waals surface area contributed by atoms with Crippen LogP contribution in [0.4, 0.5) is 0 Å². The van der Waals surface area contributed by atoms with Gasteiger partial charge in [-0.2, -0.15) is 0 Å². The van der Waals surface area contributed by atoms with E-state index in [4.69, 9.17) is 11.6 Å². The van der Waals surface area contributed by atoms with Crippen LogP contribution in [-0.4, -0.2) is 11.5 Å². The molecule has 1 N–H and O–H groups in total. The number of aryl methyl sites for hydroxylation is 2. The fourth-order valence-corrected chi connectivity index (χ4v) is 3.30. The molecule has 0 aromatic carbocycles. The number of hydrogen-bond donors (Lipinski definition) is 1. The molecule has 2 nitrogen and oxygen atoms in total. The zero-order chi connectivity index (χ0) is 13.1. The Kier molecular flexibility index (Phi) is 4.38. The number of hydrogen-bond acceptors (Lipinski definition) is 3. The van der Waals surface area contributed by atoms with E-state index in [1.165, 1.54) is 11.1 Å². The highest BCUT2D eigenvalue weighted by atomic mass is 35.5. The van der Waals surface area contributed by atoms with Gasteiger partial charge in [0.15, 0.2) is 0 Å². The van der Waals surface area contributed by atoms with Crippen molar-refractivity contribution < 1.29 is 0 Å². The average molecular weight is 281 g/mol. The minimum absolute atomic E-state index is 0.0862. The molecule has 0 spiro atoms. The molecule has 0 aliphatic heterocycles. The summed E-state index contributed by atoms with van der Waals surface area (Å²) < 4.78 is 0. The van der Waals surface area contributed by atoms with Gasteiger partial charge in [-0.25, -0.2) is 0 Å². The topological polar surface area (TPSA) is 24.9 Å². The smallest absolute Gasteiger partial charge is 0.0862 e. The van der Waals surface area contributed by atoms with Crippen LogP contribution in [-0.2, 0) is 0 Å². The Bertz CT molecular complexity index is 536. The van der Waals surface area contributed by atoms with Gasteiger partial charge in [-0.05, 0) is 43.0 Å². The number of halogens is 1. The minimum Gasteiger partial charge on any atom is -0.305 e. The van der Waals surface area contributed by atoms with Crippen LogP contribution >= 0.6 is 22.9 Å². The number of nitrogens with one attached hydrogen (secondary N) is 1. The summed E-state index contributed by atoms with van der Waals surface area (Å²) in [5.74, 6) is 0. The molecule has 2 aromatic heterocycles. The van der Waals surface area contributed by atoms with Gasteiger partial charge in [-0.15, -0.1) is 11.3 Å². The van der Waals surface area contributed by atoms with Crippen molar-refractivity contribution in [3.63, 3.8) is 0 Å². The van der Waals surface area contributed by atoms with Crippen molar-refractivity contribution in [2.75, 3.05) is 6.54 Å². The minimum atomic E-state index is 0.0862. The van der Waals surface area contributed by atoms with E-state index in [0.717, 1.165) is 22.1 Å². The molecule has 0 fully saturated rings. The maximum absolute atomic E-state index is 6.25. The highest BCUT2D eigenvalue weighted by molar-refractivity contribution is 7.10. The number of pyridine rings is 1. The number of aromatic nitrogens is 1. The molecule has 0 amide bonds. The van der Waals surface area contributed by atoms with Crippen molar-refractivity contribution in [1.29, 1.82) is 0 Å². The summed E-state index contributed by atoms with van der Waals surface area (Å²) in [6.07, 6.45) is 1.91. The van der Waals surface area contributed by atoms with Gasteiger partial charge in [-0.1, -0.05) is 24.6 Å². The molecular formula is C14H17ClN2S. The van der Waals surface area contributed by atoms with Gasteiger partial charge in [0.25, 0.3) is 0 Å². The molecule has 4 heteroatoms. The van der Waals surface area contributed by atoms with E-state index in [0.29, 0.717) is 0 Å². The molecule has 96 valence electrons. The van der Waals surface area contributed by atoms with Gasteiger partial charge in [0.05, 0.1) is 16.8 Å². The lowest BCUT2D eigenvalue weighted by Crippen LogP contribution is -2.23. The Labute approximate surface area is 117 Å². The molecule has 0 saturated carbocycles. The maximum Gasteiger partial charge on any atom is 0.0862 e. The lowest BCUT2D eigenvalue weighted by Gasteiger charge is -2.19. The first-order valence-corrected chi connectivity index (χ1v) is 7.28. The number of nitrogens with zero attached hydrogens (tertiary/aromatic N) is 1. The molecule has 0 aliphatic carbocycles. The first kappa shape index (κ1) is 13.5. The van der Waals surface area contributed by atoms with Crippen LogP contribution in [0.3, 0.4) is 0 Å². The van der Waals surface area contributed by atoms with E-state index < -0.39 is 0 Å². The second-order valence-electron chi connectivity index (χ2n) is 4.34. The van der Waals surface area contributed by atoms with E-state index in [1.54, 1.807) is 11.3 Å². The Balaban J connectivity index is 2.45. The fourth-order valence-electron chi connectivity index (χ4n) is 2.06. The van der Waals surface area contributed by atoms with Crippen molar-refractivity contribution in [1.82, 2.24) is 10.3 Å². The molecule has 2 heterocycles. The van der Waals surface area contributed by atoms with Gasteiger partial charge >= 0.3 is 0 Å². The molecule has 2 rings (SSSR count). The molecule has 0 radical (unpaired) electrons. The molecule has 2 aromatic rings. The summed E-state index contributed by atoms with van der Waals surface area (Å²) in [6.45, 7) is 7.14. The van der Waals surface area contributed by atoms with Gasteiger partial charge in [-0.3, -0.25) is 4.98 Å². The van der Waals surface area contributed by atoms with Crippen LogP contribution in [0.25, 0.3) is 0 Å². The van der Waals surface area contributed by atoms with E-state index in [9.17, 15) is 0 Å². The third-order valence-electron chi connectivity index (χ3n) is 2.84. The van der Waals surface area contributed by atoms with Crippen LogP contribution in [0.2, 0.25) is 5.02 Å². The SMILES string of the molecule is CCNC(c1ncc(C)cc1C)c1sccc1Cl. The standard InChI is InChI=1S/C14H17ClN2S/c1-4-16-13(14-11(15)5-6-18-14)12-10(3)7-9(2)8-17-12/h5-8,13,16H,4H2,1-3H3. The Hall–Kier alpha value is -0.900. The monoisotopic (exact) mass is 280 g/mol. The molecular weight excluding hydrogens is 264 g/mol. The van der Waals surface area contributed by atoms with Crippen molar-refractivity contribution in [2.24, 2.45) is 0 Å². The first-order valence-electron chi connectivity index (χ1n) is 6.03. The summed E-state index contributed by atoms with van der Waals surface area (Å²) in [5, 5.41) is 6.30. The predicted octanol–water partition coefficient (Wildman–Crippen LogP) is 4.11. The van der Waals surface area contributed by atoms with Crippen LogP contribution < -0.4 is 5.32 Å². The zero-order valence-electron chi connectivity index (χ0n) is 10.8. The van der Waals surface area contributed by atoms with Crippen LogP contribution in [0.1, 0.15) is 34.7 Å². The maximum atomic E-state index is 6.25. The van der Waals surface area contributed by atoms with E-state index in [1.807, 2.05) is 17.6 Å². The lowest BCUT2D eigenvalue weighted by atomic mass is 10.1. The molecule has 0 saturated heterocycles. The van der Waals surface area contributed by atoms with Gasteiger partial charge in [0.2, 0.25) is 0 Å². The van der Waals surface area contributed by atoms with Gasteiger partial charge in [0, 0.05) is 11.1 Å². The summed E-state index contributed by atoms with van der Waals surface area (Å²) in [7, 11) is 0. The van der Waals surface area contributed by atoms with Gasteiger partial charge < -0.3 is 5.32 Å². The van der Waals surface area contributed by atoms with E-state index in [2.05, 4.69) is 37.1 Å². The first-order chi connectivity index (χ1) is 8.63. The second kappa shape index (κ2) is 5.83. The highest BCUT2D eigenvalue weighted by Crippen LogP contribution is 2.33. The predicted molar refractivity (Wildman–Crippen MR) is 78.6 cm³/mol. The average Bonchev–Trinajstić information content (AvgIpc) is 2.73. The molecule has 0 bridgehead atoms. The summed E-state index contributed by atoms with van der Waals surface area (Å²) in [4.78, 5) is 5.72. The highest BCUT2D eigenvalue weighted by Gasteiger charge is 2.20. The molecule has 1 atom stereocenters. The zero-order valence-corrected chi connectivity index (χ0v) is 12.4. The van der Waals surface area contributed by atoms with Gasteiger partial charge in [0.1, 0.15) is 0 Å². The van der Waals surface area contributed by atoms with E-state index >= 15 is 0 Å². The number of rotatable bonds is 4. The largest absolute Gasteiger partial charge is 0.305 e. The third-order valence-corrected chi connectivity index (χ3v) is 4.27. The summed E-state index contributed by atoms with van der Waals surface area (Å²) in [5.41, 5.74) is 3.45. The van der Waals surface area contributed by atoms with Crippen molar-refractivity contribution >= 4 is 22.9 Å². The third kappa shape index (κ3) is 2.74. The number of thiophene rings is 1. The van der Waals surface area contributed by atoms with Crippen molar-refractivity contribution in [3.8, 4) is 0 Å².